The van der Waals surface area contributed by atoms with Crippen molar-refractivity contribution < 1.29 is 13.8 Å². The van der Waals surface area contributed by atoms with Crippen LogP contribution in [0.2, 0.25) is 0 Å². The van der Waals surface area contributed by atoms with Gasteiger partial charge in [-0.05, 0) is 27.8 Å². The Kier molecular flexibility index (Phi) is 4.19. The Bertz CT molecular complexity index is 590. The molecule has 108 valence electrons. The highest BCUT2D eigenvalue weighted by molar-refractivity contribution is 5.93. The summed E-state index contributed by atoms with van der Waals surface area (Å²) in [4.78, 5) is 13.9. The smallest absolute Gasteiger partial charge is 0.243 e. The Morgan fingerprint density at radius 1 is 1.35 bits per heavy atom. The van der Waals surface area contributed by atoms with Crippen LogP contribution in [0.5, 0.6) is 0 Å². The molecule has 20 heavy (non-hydrogen) atoms. The molecule has 0 aromatic carbocycles. The first-order valence-electron chi connectivity index (χ1n) is 6.32. The minimum Gasteiger partial charge on any atom is -0.361 e. The molecule has 0 saturated carbocycles. The summed E-state index contributed by atoms with van der Waals surface area (Å²) in [6, 6.07) is 3.18. The van der Waals surface area contributed by atoms with Crippen molar-refractivity contribution in [1.82, 2.24) is 15.2 Å². The van der Waals surface area contributed by atoms with Crippen molar-refractivity contribution in [2.75, 3.05) is 12.4 Å². The standard InChI is InChI=1S/C13H18N4O3/c1-8-5-12(20-15-8)14-13(18)10(3)17(4)7-11-6-9(2)19-16-11/h5-6,10H,7H2,1-4H3,(H,14,18). The summed E-state index contributed by atoms with van der Waals surface area (Å²) >= 11 is 0. The van der Waals surface area contributed by atoms with Gasteiger partial charge in [-0.25, -0.2) is 0 Å². The number of hydrogen-bond donors (Lipinski definition) is 1. The fraction of sp³-hybridized carbons (Fsp3) is 0.462. The number of nitrogens with zero attached hydrogens (tertiary/aromatic N) is 3. The number of hydrogen-bond acceptors (Lipinski definition) is 6. The van der Waals surface area contributed by atoms with E-state index in [0.717, 1.165) is 17.1 Å². The molecule has 0 spiro atoms. The Labute approximate surface area is 116 Å². The van der Waals surface area contributed by atoms with Crippen LogP contribution in [-0.4, -0.2) is 34.2 Å². The maximum atomic E-state index is 12.1. The van der Waals surface area contributed by atoms with Crippen LogP contribution >= 0.6 is 0 Å². The Morgan fingerprint density at radius 2 is 2.10 bits per heavy atom. The second kappa shape index (κ2) is 5.87. The number of carbonyl (C=O) groups excluding carboxylic acids is 1. The molecule has 1 atom stereocenters. The van der Waals surface area contributed by atoms with Crippen molar-refractivity contribution >= 4 is 11.8 Å². The largest absolute Gasteiger partial charge is 0.361 e. The highest BCUT2D eigenvalue weighted by Crippen LogP contribution is 2.11. The van der Waals surface area contributed by atoms with Gasteiger partial charge in [0.25, 0.3) is 0 Å². The summed E-state index contributed by atoms with van der Waals surface area (Å²) in [7, 11) is 1.85. The van der Waals surface area contributed by atoms with Gasteiger partial charge in [-0.15, -0.1) is 0 Å². The molecular weight excluding hydrogens is 260 g/mol. The van der Waals surface area contributed by atoms with Gasteiger partial charge in [0, 0.05) is 18.7 Å². The molecule has 7 nitrogen and oxygen atoms in total. The van der Waals surface area contributed by atoms with E-state index >= 15 is 0 Å². The number of carbonyl (C=O) groups is 1. The van der Waals surface area contributed by atoms with Crippen LogP contribution in [0, 0.1) is 13.8 Å². The fourth-order valence-electron chi connectivity index (χ4n) is 1.73. The number of likely N-dealkylation sites (N-methyl/N-ethyl adjacent to an activating group) is 1. The van der Waals surface area contributed by atoms with Crippen molar-refractivity contribution in [2.45, 2.75) is 33.4 Å². The van der Waals surface area contributed by atoms with E-state index in [-0.39, 0.29) is 11.9 Å². The molecule has 0 saturated heterocycles. The summed E-state index contributed by atoms with van der Waals surface area (Å²) in [5.41, 5.74) is 1.51. The summed E-state index contributed by atoms with van der Waals surface area (Å²) in [5.74, 6) is 0.941. The molecule has 2 rings (SSSR count). The summed E-state index contributed by atoms with van der Waals surface area (Å²) in [6.07, 6.45) is 0. The van der Waals surface area contributed by atoms with E-state index in [1.165, 1.54) is 0 Å². The Balaban J connectivity index is 1.92. The first-order chi connectivity index (χ1) is 9.45. The zero-order valence-corrected chi connectivity index (χ0v) is 12.0. The second-order valence-electron chi connectivity index (χ2n) is 4.84. The number of aryl methyl sites for hydroxylation is 2. The van der Waals surface area contributed by atoms with Crippen LogP contribution in [0.15, 0.2) is 21.2 Å². The normalized spacial score (nSPS) is 12.7. The lowest BCUT2D eigenvalue weighted by Gasteiger charge is -2.21. The Hall–Kier alpha value is -2.15. The van der Waals surface area contributed by atoms with Gasteiger partial charge in [0.05, 0.1) is 17.4 Å². The first kappa shape index (κ1) is 14.3. The van der Waals surface area contributed by atoms with Crippen LogP contribution in [0.25, 0.3) is 0 Å². The van der Waals surface area contributed by atoms with E-state index in [2.05, 4.69) is 15.6 Å². The topological polar surface area (TPSA) is 84.4 Å². The molecule has 2 heterocycles. The van der Waals surface area contributed by atoms with Crippen molar-refractivity contribution in [3.8, 4) is 0 Å². The molecule has 2 aromatic rings. The quantitative estimate of drug-likeness (QED) is 0.896. The van der Waals surface area contributed by atoms with E-state index in [9.17, 15) is 4.79 Å². The molecule has 0 radical (unpaired) electrons. The van der Waals surface area contributed by atoms with E-state index in [4.69, 9.17) is 9.05 Å². The molecule has 1 unspecified atom stereocenters. The molecule has 7 heteroatoms. The average molecular weight is 278 g/mol. The van der Waals surface area contributed by atoms with Crippen LogP contribution in [-0.2, 0) is 11.3 Å². The zero-order valence-electron chi connectivity index (χ0n) is 12.0. The van der Waals surface area contributed by atoms with E-state index in [0.29, 0.717) is 12.4 Å². The molecular formula is C13H18N4O3. The molecule has 0 fully saturated rings. The van der Waals surface area contributed by atoms with Gasteiger partial charge in [-0.2, -0.15) is 0 Å². The van der Waals surface area contributed by atoms with E-state index in [1.807, 2.05) is 31.9 Å². The lowest BCUT2D eigenvalue weighted by Crippen LogP contribution is -2.39. The third kappa shape index (κ3) is 3.45. The third-order valence-electron chi connectivity index (χ3n) is 3.00. The summed E-state index contributed by atoms with van der Waals surface area (Å²) in [5, 5.41) is 10.3. The van der Waals surface area contributed by atoms with Gasteiger partial charge in [-0.3, -0.25) is 15.0 Å². The number of rotatable bonds is 5. The van der Waals surface area contributed by atoms with Crippen LogP contribution < -0.4 is 5.32 Å². The molecule has 1 N–H and O–H groups in total. The van der Waals surface area contributed by atoms with Crippen LogP contribution in [0.4, 0.5) is 5.88 Å². The zero-order chi connectivity index (χ0) is 14.7. The second-order valence-corrected chi connectivity index (χ2v) is 4.84. The number of anilines is 1. The predicted molar refractivity (Wildman–Crippen MR) is 72.0 cm³/mol. The van der Waals surface area contributed by atoms with Crippen molar-refractivity contribution in [2.24, 2.45) is 0 Å². The molecule has 2 aromatic heterocycles. The SMILES string of the molecule is Cc1cc(NC(=O)C(C)N(C)Cc2cc(C)on2)on1. The molecule has 0 aliphatic rings. The number of nitrogens with one attached hydrogen (secondary N) is 1. The number of aromatic nitrogens is 2. The van der Waals surface area contributed by atoms with Crippen LogP contribution in [0.3, 0.4) is 0 Å². The van der Waals surface area contributed by atoms with E-state index < -0.39 is 0 Å². The lowest BCUT2D eigenvalue weighted by atomic mass is 10.2. The fourth-order valence-corrected chi connectivity index (χ4v) is 1.73. The average Bonchev–Trinajstić information content (AvgIpc) is 2.97. The van der Waals surface area contributed by atoms with Gasteiger partial charge >= 0.3 is 0 Å². The van der Waals surface area contributed by atoms with Crippen molar-refractivity contribution in [3.63, 3.8) is 0 Å². The van der Waals surface area contributed by atoms with Crippen molar-refractivity contribution in [1.29, 1.82) is 0 Å². The summed E-state index contributed by atoms with van der Waals surface area (Å²) in [6.45, 7) is 5.97. The monoisotopic (exact) mass is 278 g/mol. The highest BCUT2D eigenvalue weighted by atomic mass is 16.5. The maximum absolute atomic E-state index is 12.1. The lowest BCUT2D eigenvalue weighted by molar-refractivity contribution is -0.120. The maximum Gasteiger partial charge on any atom is 0.243 e. The minimum absolute atomic E-state index is 0.163. The van der Waals surface area contributed by atoms with Crippen LogP contribution in [0.1, 0.15) is 24.1 Å². The minimum atomic E-state index is -0.336. The van der Waals surface area contributed by atoms with Gasteiger partial charge in [-0.1, -0.05) is 10.3 Å². The predicted octanol–water partition coefficient (Wildman–Crippen LogP) is 1.74. The van der Waals surface area contributed by atoms with E-state index in [1.54, 1.807) is 13.0 Å². The van der Waals surface area contributed by atoms with Crippen molar-refractivity contribution in [3.05, 3.63) is 29.3 Å². The molecule has 0 bridgehead atoms. The Morgan fingerprint density at radius 3 is 2.65 bits per heavy atom. The summed E-state index contributed by atoms with van der Waals surface area (Å²) < 4.78 is 9.96. The molecule has 0 aliphatic heterocycles. The third-order valence-corrected chi connectivity index (χ3v) is 3.00. The van der Waals surface area contributed by atoms with Gasteiger partial charge < -0.3 is 9.05 Å². The number of amides is 1. The first-order valence-corrected chi connectivity index (χ1v) is 6.32. The van der Waals surface area contributed by atoms with Gasteiger partial charge in [0.1, 0.15) is 5.76 Å². The molecule has 0 aliphatic carbocycles. The van der Waals surface area contributed by atoms with Gasteiger partial charge in [0.2, 0.25) is 11.8 Å². The highest BCUT2D eigenvalue weighted by Gasteiger charge is 2.20. The molecule has 1 amide bonds. The van der Waals surface area contributed by atoms with Gasteiger partial charge in [0.15, 0.2) is 0 Å².